The Kier molecular flexibility index (Phi) is 6.72. The average Bonchev–Trinajstić information content (AvgIpc) is 2.27. The maximum Gasteiger partial charge on any atom is 0.491 e. The summed E-state index contributed by atoms with van der Waals surface area (Å²) in [6.07, 6.45) is 1.12. The van der Waals surface area contributed by atoms with E-state index in [1.807, 2.05) is 0 Å². The third-order valence-corrected chi connectivity index (χ3v) is 9.18. The van der Waals surface area contributed by atoms with Gasteiger partial charge >= 0.3 is 6.16 Å². The molecule has 0 aliphatic rings. The van der Waals surface area contributed by atoms with Gasteiger partial charge < -0.3 is 9.53 Å². The van der Waals surface area contributed by atoms with Crippen molar-refractivity contribution in [2.45, 2.75) is 65.1 Å². The van der Waals surface area contributed by atoms with E-state index in [-0.39, 0.29) is 0 Å². The highest BCUT2D eigenvalue weighted by Gasteiger charge is 2.43. The molecule has 0 saturated heterocycles. The molecule has 16 heavy (non-hydrogen) atoms. The van der Waals surface area contributed by atoms with E-state index in [1.54, 1.807) is 0 Å². The van der Waals surface area contributed by atoms with E-state index in [0.717, 1.165) is 24.9 Å². The lowest BCUT2D eigenvalue weighted by Gasteiger charge is -2.37. The minimum absolute atomic E-state index is 0.411. The highest BCUT2D eigenvalue weighted by atomic mass is 28.4. The summed E-state index contributed by atoms with van der Waals surface area (Å²) in [6.45, 7) is 10.7. The first-order valence-corrected chi connectivity index (χ1v) is 8.79. The molecule has 0 bridgehead atoms. The molecule has 0 heterocycles. The van der Waals surface area contributed by atoms with Crippen LogP contribution in [-0.2, 0) is 4.43 Å². The minimum Gasteiger partial charge on any atom is -0.489 e. The van der Waals surface area contributed by atoms with Gasteiger partial charge in [0.25, 0.3) is 8.32 Å². The van der Waals surface area contributed by atoms with Crippen LogP contribution in [0.5, 0.6) is 0 Å². The Balaban J connectivity index is 4.92. The zero-order valence-electron chi connectivity index (χ0n) is 11.2. The third kappa shape index (κ3) is 3.51. The molecule has 1 atom stereocenters. The monoisotopic (exact) mass is 246 g/mol. The quantitative estimate of drug-likeness (QED) is 0.673. The second kappa shape index (κ2) is 6.94. The van der Waals surface area contributed by atoms with Crippen LogP contribution in [-0.4, -0.2) is 19.6 Å². The average molecular weight is 246 g/mol. The highest BCUT2D eigenvalue weighted by molar-refractivity contribution is 6.76. The topological polar surface area (TPSA) is 46.5 Å². The van der Waals surface area contributed by atoms with Gasteiger partial charge in [0, 0.05) is 0 Å². The molecule has 0 spiro atoms. The van der Waals surface area contributed by atoms with Crippen LogP contribution in [0.25, 0.3) is 0 Å². The maximum atomic E-state index is 10.8. The zero-order chi connectivity index (χ0) is 12.8. The zero-order valence-corrected chi connectivity index (χ0v) is 12.2. The molecule has 3 nitrogen and oxygen atoms in total. The van der Waals surface area contributed by atoms with Crippen LogP contribution < -0.4 is 0 Å². The van der Waals surface area contributed by atoms with Crippen LogP contribution in [0.1, 0.15) is 47.5 Å². The van der Waals surface area contributed by atoms with Crippen molar-refractivity contribution < 1.29 is 14.3 Å². The Labute approximate surface area is 100 Å². The van der Waals surface area contributed by atoms with Gasteiger partial charge in [0.05, 0.1) is 0 Å². The summed E-state index contributed by atoms with van der Waals surface area (Å²) in [7, 11) is -2.11. The molecule has 0 saturated carbocycles. The second-order valence-electron chi connectivity index (χ2n) is 4.51. The Morgan fingerprint density at radius 2 is 1.62 bits per heavy atom. The fourth-order valence-corrected chi connectivity index (χ4v) is 6.67. The normalized spacial score (nSPS) is 13.9. The molecule has 4 heteroatoms. The molecule has 0 aromatic rings. The summed E-state index contributed by atoms with van der Waals surface area (Å²) in [5, 5.41) is 8.90. The summed E-state index contributed by atoms with van der Waals surface area (Å²) in [5.74, 6) is 0.589. The van der Waals surface area contributed by atoms with E-state index < -0.39 is 14.5 Å². The van der Waals surface area contributed by atoms with Crippen molar-refractivity contribution in [3.8, 4) is 0 Å². The number of carbonyl (C=O) groups is 1. The number of hydrogen-bond donors (Lipinski definition) is 1. The molecule has 0 aromatic carbocycles. The van der Waals surface area contributed by atoms with Crippen LogP contribution in [0.4, 0.5) is 4.79 Å². The first kappa shape index (κ1) is 15.5. The van der Waals surface area contributed by atoms with Crippen molar-refractivity contribution in [3.63, 3.8) is 0 Å². The molecule has 0 aliphatic carbocycles. The molecule has 0 radical (unpaired) electrons. The van der Waals surface area contributed by atoms with E-state index in [4.69, 9.17) is 9.53 Å². The van der Waals surface area contributed by atoms with Crippen molar-refractivity contribution in [1.29, 1.82) is 0 Å². The van der Waals surface area contributed by atoms with E-state index in [9.17, 15) is 4.79 Å². The largest absolute Gasteiger partial charge is 0.491 e. The minimum atomic E-state index is -2.11. The van der Waals surface area contributed by atoms with Crippen LogP contribution >= 0.6 is 0 Å². The van der Waals surface area contributed by atoms with E-state index >= 15 is 0 Å². The lowest BCUT2D eigenvalue weighted by Crippen LogP contribution is -2.45. The van der Waals surface area contributed by atoms with Gasteiger partial charge in [0.1, 0.15) is 0 Å². The number of rotatable bonds is 7. The van der Waals surface area contributed by atoms with E-state index in [0.29, 0.717) is 11.5 Å². The SMILES string of the molecule is CCC(CC)C(C)[Si](CC)(CC)OC(=O)O. The van der Waals surface area contributed by atoms with Gasteiger partial charge in [0.2, 0.25) is 0 Å². The van der Waals surface area contributed by atoms with Gasteiger partial charge in [0.15, 0.2) is 0 Å². The van der Waals surface area contributed by atoms with E-state index in [1.165, 1.54) is 0 Å². The summed E-state index contributed by atoms with van der Waals surface area (Å²) < 4.78 is 5.34. The maximum absolute atomic E-state index is 10.8. The molecule has 0 aromatic heterocycles. The van der Waals surface area contributed by atoms with Gasteiger partial charge in [-0.15, -0.1) is 0 Å². The molecule has 96 valence electrons. The van der Waals surface area contributed by atoms with Crippen LogP contribution in [0.2, 0.25) is 17.6 Å². The van der Waals surface area contributed by atoms with Gasteiger partial charge in [-0.1, -0.05) is 47.5 Å². The predicted octanol–water partition coefficient (Wildman–Crippen LogP) is 4.49. The van der Waals surface area contributed by atoms with Crippen LogP contribution in [0.3, 0.4) is 0 Å². The van der Waals surface area contributed by atoms with Gasteiger partial charge in [-0.25, -0.2) is 4.79 Å². The summed E-state index contributed by atoms with van der Waals surface area (Å²) in [6, 6.07) is 1.76. The molecule has 0 amide bonds. The lowest BCUT2D eigenvalue weighted by atomic mass is 10.0. The lowest BCUT2D eigenvalue weighted by molar-refractivity contribution is 0.138. The number of hydrogen-bond acceptors (Lipinski definition) is 2. The fourth-order valence-electron chi connectivity index (χ4n) is 2.73. The molecular weight excluding hydrogens is 220 g/mol. The van der Waals surface area contributed by atoms with Crippen LogP contribution in [0.15, 0.2) is 0 Å². The third-order valence-electron chi connectivity index (χ3n) is 4.07. The second-order valence-corrected chi connectivity index (χ2v) is 9.16. The van der Waals surface area contributed by atoms with Crippen molar-refractivity contribution in [2.24, 2.45) is 5.92 Å². The first-order chi connectivity index (χ1) is 7.47. The fraction of sp³-hybridized carbons (Fsp3) is 0.917. The van der Waals surface area contributed by atoms with Crippen molar-refractivity contribution in [3.05, 3.63) is 0 Å². The number of carboxylic acid groups (broad SMARTS) is 1. The standard InChI is InChI=1S/C12H26O3Si/c1-6-11(7-2)10(5)16(8-3,9-4)15-12(13)14/h10-11H,6-9H2,1-5H3,(H,13,14). The van der Waals surface area contributed by atoms with Crippen molar-refractivity contribution in [2.75, 3.05) is 0 Å². The summed E-state index contributed by atoms with van der Waals surface area (Å²) in [4.78, 5) is 10.8. The highest BCUT2D eigenvalue weighted by Crippen LogP contribution is 2.39. The molecular formula is C12H26O3Si. The van der Waals surface area contributed by atoms with Gasteiger partial charge in [-0.2, -0.15) is 0 Å². The summed E-state index contributed by atoms with van der Waals surface area (Å²) in [5.41, 5.74) is 0.411. The van der Waals surface area contributed by atoms with Crippen molar-refractivity contribution >= 4 is 14.5 Å². The van der Waals surface area contributed by atoms with E-state index in [2.05, 4.69) is 34.6 Å². The van der Waals surface area contributed by atoms with Gasteiger partial charge in [-0.05, 0) is 23.5 Å². The first-order valence-electron chi connectivity index (χ1n) is 6.39. The molecule has 0 aliphatic heterocycles. The van der Waals surface area contributed by atoms with Crippen molar-refractivity contribution in [1.82, 2.24) is 0 Å². The Morgan fingerprint density at radius 3 is 1.88 bits per heavy atom. The molecule has 1 N–H and O–H groups in total. The Bertz CT molecular complexity index is 210. The Morgan fingerprint density at radius 1 is 1.19 bits per heavy atom. The molecule has 0 rings (SSSR count). The summed E-state index contributed by atoms with van der Waals surface area (Å²) >= 11 is 0. The molecule has 1 unspecified atom stereocenters. The Hall–Kier alpha value is -0.513. The van der Waals surface area contributed by atoms with Gasteiger partial charge in [-0.3, -0.25) is 0 Å². The smallest absolute Gasteiger partial charge is 0.489 e. The molecule has 0 fully saturated rings. The van der Waals surface area contributed by atoms with Crippen LogP contribution in [0, 0.1) is 5.92 Å². The predicted molar refractivity (Wildman–Crippen MR) is 69.3 cm³/mol.